The molecule has 1 N–H and O–H groups in total. The average Bonchev–Trinajstić information content (AvgIpc) is 3.14. The molecule has 0 unspecified atom stereocenters. The van der Waals surface area contributed by atoms with Crippen molar-refractivity contribution < 1.29 is 19.1 Å². The Labute approximate surface area is 176 Å². The van der Waals surface area contributed by atoms with Crippen LogP contribution in [0, 0.1) is 12.8 Å². The van der Waals surface area contributed by atoms with Crippen molar-refractivity contribution in [1.82, 2.24) is 5.32 Å². The molecule has 2 aliphatic rings. The minimum absolute atomic E-state index is 0.0498. The summed E-state index contributed by atoms with van der Waals surface area (Å²) < 4.78 is 5.24. The average molecular weight is 406 g/mol. The second-order valence-corrected chi connectivity index (χ2v) is 8.06. The van der Waals surface area contributed by atoms with Crippen LogP contribution in [0.2, 0.25) is 0 Å². The summed E-state index contributed by atoms with van der Waals surface area (Å²) >= 11 is 0. The van der Waals surface area contributed by atoms with Crippen molar-refractivity contribution in [2.24, 2.45) is 5.92 Å². The minimum atomic E-state index is -0.554. The Hall–Kier alpha value is -3.15. The predicted molar refractivity (Wildman–Crippen MR) is 113 cm³/mol. The van der Waals surface area contributed by atoms with E-state index >= 15 is 0 Å². The first kappa shape index (κ1) is 20.1. The van der Waals surface area contributed by atoms with Crippen molar-refractivity contribution in [3.63, 3.8) is 0 Å². The molecule has 0 aromatic heterocycles. The van der Waals surface area contributed by atoms with Gasteiger partial charge in [0.1, 0.15) is 0 Å². The van der Waals surface area contributed by atoms with Gasteiger partial charge in [0.15, 0.2) is 6.61 Å². The summed E-state index contributed by atoms with van der Waals surface area (Å²) in [6.07, 6.45) is 3.01. The number of hydrogen-bond donors (Lipinski definition) is 1. The first-order valence-electron chi connectivity index (χ1n) is 10.4. The maximum atomic E-state index is 12.4. The fourth-order valence-corrected chi connectivity index (χ4v) is 4.23. The second kappa shape index (κ2) is 8.69. The third kappa shape index (κ3) is 4.37. The lowest BCUT2D eigenvalue weighted by molar-refractivity contribution is -0.152. The number of hydrogen-bond acceptors (Lipinski definition) is 4. The van der Waals surface area contributed by atoms with Crippen LogP contribution in [0.15, 0.2) is 48.5 Å². The van der Waals surface area contributed by atoms with Crippen molar-refractivity contribution in [2.75, 3.05) is 18.1 Å². The number of nitrogens with zero attached hydrogens (tertiary/aromatic N) is 1. The van der Waals surface area contributed by atoms with E-state index in [0.29, 0.717) is 0 Å². The molecule has 1 fully saturated rings. The summed E-state index contributed by atoms with van der Waals surface area (Å²) in [7, 11) is 0. The SMILES string of the molecule is Cc1ccc(N2C[C@@H](C(=O)OCC(=O)N[C@@H]3CCCc4ccccc43)CC2=O)cc1. The van der Waals surface area contributed by atoms with Gasteiger partial charge in [-0.15, -0.1) is 0 Å². The number of carbonyl (C=O) groups excluding carboxylic acids is 3. The van der Waals surface area contributed by atoms with Crippen LogP contribution in [0.4, 0.5) is 5.69 Å². The molecule has 1 saturated heterocycles. The zero-order chi connectivity index (χ0) is 21.1. The Morgan fingerprint density at radius 2 is 1.90 bits per heavy atom. The molecule has 1 aliphatic heterocycles. The maximum absolute atomic E-state index is 12.4. The van der Waals surface area contributed by atoms with Crippen molar-refractivity contribution in [3.8, 4) is 0 Å². The van der Waals surface area contributed by atoms with E-state index in [2.05, 4.69) is 11.4 Å². The summed E-state index contributed by atoms with van der Waals surface area (Å²) in [6, 6.07) is 15.7. The number of anilines is 1. The largest absolute Gasteiger partial charge is 0.455 e. The van der Waals surface area contributed by atoms with Crippen molar-refractivity contribution in [2.45, 2.75) is 38.6 Å². The Morgan fingerprint density at radius 1 is 1.13 bits per heavy atom. The molecule has 1 heterocycles. The summed E-state index contributed by atoms with van der Waals surface area (Å²) in [5.74, 6) is -1.48. The standard InChI is InChI=1S/C24H26N2O4/c1-16-9-11-19(12-10-16)26-14-18(13-23(26)28)24(29)30-15-22(27)25-21-8-4-6-17-5-2-3-7-20(17)21/h2-3,5,7,9-12,18,21H,4,6,8,13-15H2,1H3,(H,25,27)/t18-,21+/m0/s1. The molecule has 2 aromatic carbocycles. The molecule has 6 heteroatoms. The Kier molecular flexibility index (Phi) is 5.84. The fraction of sp³-hybridized carbons (Fsp3) is 0.375. The number of ether oxygens (including phenoxy) is 1. The molecule has 2 amide bonds. The van der Waals surface area contributed by atoms with Crippen molar-refractivity contribution >= 4 is 23.5 Å². The van der Waals surface area contributed by atoms with Gasteiger partial charge in [0, 0.05) is 18.7 Å². The van der Waals surface area contributed by atoms with E-state index < -0.39 is 11.9 Å². The normalized spacial score (nSPS) is 20.6. The van der Waals surface area contributed by atoms with E-state index in [1.165, 1.54) is 5.56 Å². The van der Waals surface area contributed by atoms with E-state index in [9.17, 15) is 14.4 Å². The smallest absolute Gasteiger partial charge is 0.311 e. The van der Waals surface area contributed by atoms with Crippen molar-refractivity contribution in [1.29, 1.82) is 0 Å². The van der Waals surface area contributed by atoms with E-state index in [1.807, 2.05) is 49.4 Å². The number of nitrogens with one attached hydrogen (secondary N) is 1. The number of rotatable bonds is 5. The number of benzene rings is 2. The summed E-state index contributed by atoms with van der Waals surface area (Å²) in [5, 5.41) is 2.98. The van der Waals surface area contributed by atoms with Crippen LogP contribution in [0.5, 0.6) is 0 Å². The summed E-state index contributed by atoms with van der Waals surface area (Å²) in [5.41, 5.74) is 4.27. The second-order valence-electron chi connectivity index (χ2n) is 8.06. The van der Waals surface area contributed by atoms with Gasteiger partial charge in [-0.2, -0.15) is 0 Å². The Bertz CT molecular complexity index is 954. The molecule has 4 rings (SSSR count). The predicted octanol–water partition coefficient (Wildman–Crippen LogP) is 3.08. The highest BCUT2D eigenvalue weighted by Gasteiger charge is 2.36. The minimum Gasteiger partial charge on any atom is -0.455 e. The third-order valence-corrected chi connectivity index (χ3v) is 5.85. The van der Waals surface area contributed by atoms with Gasteiger partial charge in [-0.3, -0.25) is 14.4 Å². The third-order valence-electron chi connectivity index (χ3n) is 5.85. The number of fused-ring (bicyclic) bond motifs is 1. The van der Waals surface area contributed by atoms with Gasteiger partial charge in [-0.25, -0.2) is 0 Å². The van der Waals surface area contributed by atoms with Crippen LogP contribution >= 0.6 is 0 Å². The monoisotopic (exact) mass is 406 g/mol. The molecule has 156 valence electrons. The van der Waals surface area contributed by atoms with Gasteiger partial charge >= 0.3 is 5.97 Å². The zero-order valence-corrected chi connectivity index (χ0v) is 17.1. The van der Waals surface area contributed by atoms with E-state index in [1.54, 1.807) is 4.90 Å². The molecule has 6 nitrogen and oxygen atoms in total. The van der Waals surface area contributed by atoms with Gasteiger partial charge in [-0.1, -0.05) is 42.0 Å². The molecule has 2 atom stereocenters. The topological polar surface area (TPSA) is 75.7 Å². The zero-order valence-electron chi connectivity index (χ0n) is 17.1. The number of amides is 2. The number of esters is 1. The molecule has 0 saturated carbocycles. The first-order valence-corrected chi connectivity index (χ1v) is 10.4. The van der Waals surface area contributed by atoms with Crippen LogP contribution in [0.3, 0.4) is 0 Å². The number of carbonyl (C=O) groups is 3. The van der Waals surface area contributed by atoms with Crippen LogP contribution in [0.1, 0.15) is 42.0 Å². The molecular formula is C24H26N2O4. The van der Waals surface area contributed by atoms with Crippen LogP contribution < -0.4 is 10.2 Å². The van der Waals surface area contributed by atoms with Gasteiger partial charge in [0.2, 0.25) is 5.91 Å². The van der Waals surface area contributed by atoms with E-state index in [4.69, 9.17) is 4.74 Å². The fourth-order valence-electron chi connectivity index (χ4n) is 4.23. The van der Waals surface area contributed by atoms with E-state index in [0.717, 1.165) is 36.1 Å². The molecule has 2 aromatic rings. The Balaban J connectivity index is 1.29. The Morgan fingerprint density at radius 3 is 2.70 bits per heavy atom. The van der Waals surface area contributed by atoms with Crippen molar-refractivity contribution in [3.05, 3.63) is 65.2 Å². The van der Waals surface area contributed by atoms with Gasteiger partial charge in [0.25, 0.3) is 5.91 Å². The molecule has 30 heavy (non-hydrogen) atoms. The quantitative estimate of drug-likeness (QED) is 0.775. The number of aryl methyl sites for hydroxylation is 2. The summed E-state index contributed by atoms with van der Waals surface area (Å²) in [4.78, 5) is 38.7. The first-order chi connectivity index (χ1) is 14.5. The molecule has 0 radical (unpaired) electrons. The maximum Gasteiger partial charge on any atom is 0.311 e. The van der Waals surface area contributed by atoms with Gasteiger partial charge in [0.05, 0.1) is 12.0 Å². The lowest BCUT2D eigenvalue weighted by Crippen LogP contribution is -2.35. The molecule has 1 aliphatic carbocycles. The molecular weight excluding hydrogens is 380 g/mol. The van der Waals surface area contributed by atoms with Crippen LogP contribution in [-0.2, 0) is 25.5 Å². The highest BCUT2D eigenvalue weighted by molar-refractivity contribution is 5.99. The van der Waals surface area contributed by atoms with Crippen LogP contribution in [-0.4, -0.2) is 30.9 Å². The van der Waals surface area contributed by atoms with E-state index in [-0.39, 0.29) is 37.4 Å². The molecule has 0 bridgehead atoms. The van der Waals surface area contributed by atoms with Crippen LogP contribution in [0.25, 0.3) is 0 Å². The van der Waals surface area contributed by atoms with Gasteiger partial charge in [-0.05, 0) is 49.4 Å². The highest BCUT2D eigenvalue weighted by atomic mass is 16.5. The lowest BCUT2D eigenvalue weighted by Gasteiger charge is -2.26. The lowest BCUT2D eigenvalue weighted by atomic mass is 9.88. The molecule has 0 spiro atoms. The van der Waals surface area contributed by atoms with Gasteiger partial charge < -0.3 is 15.0 Å². The summed E-state index contributed by atoms with van der Waals surface area (Å²) in [6.45, 7) is 1.93. The highest BCUT2D eigenvalue weighted by Crippen LogP contribution is 2.29.